The Bertz CT molecular complexity index is 740. The lowest BCUT2D eigenvalue weighted by Gasteiger charge is -2.68. The Hall–Kier alpha value is -1.06. The van der Waals surface area contributed by atoms with Crippen molar-refractivity contribution < 1.29 is 9.84 Å². The summed E-state index contributed by atoms with van der Waals surface area (Å²) in [5, 5.41) is 11.2. The van der Waals surface area contributed by atoms with E-state index in [-0.39, 0.29) is 5.41 Å². The van der Waals surface area contributed by atoms with Crippen molar-refractivity contribution >= 4 is 0 Å². The fourth-order valence-electron chi connectivity index (χ4n) is 7.25. The minimum Gasteiger partial charge on any atom is -0.497 e. The first-order chi connectivity index (χ1) is 12.9. The first-order valence-electron chi connectivity index (χ1n) is 11.1. The molecule has 3 fully saturated rings. The van der Waals surface area contributed by atoms with Crippen molar-refractivity contribution in [3.05, 3.63) is 29.3 Å². The van der Waals surface area contributed by atoms with Crippen molar-refractivity contribution in [1.29, 1.82) is 0 Å². The molecule has 0 unspecified atom stereocenters. The molecule has 1 aromatic rings. The van der Waals surface area contributed by atoms with E-state index in [1.54, 1.807) is 7.11 Å². The number of ether oxygens (including phenoxy) is 1. The third-order valence-corrected chi connectivity index (χ3v) is 8.72. The minimum atomic E-state index is -0.556. The minimum absolute atomic E-state index is 0.0936. The van der Waals surface area contributed by atoms with E-state index in [9.17, 15) is 5.11 Å². The number of benzene rings is 1. The van der Waals surface area contributed by atoms with E-state index < -0.39 is 5.60 Å². The van der Waals surface area contributed by atoms with Gasteiger partial charge in [0.15, 0.2) is 0 Å². The highest BCUT2D eigenvalue weighted by Gasteiger charge is 2.65. The van der Waals surface area contributed by atoms with Gasteiger partial charge >= 0.3 is 0 Å². The van der Waals surface area contributed by atoms with Gasteiger partial charge in [0.2, 0.25) is 0 Å². The van der Waals surface area contributed by atoms with Crippen LogP contribution in [0.4, 0.5) is 0 Å². The van der Waals surface area contributed by atoms with Gasteiger partial charge in [-0.15, -0.1) is 0 Å². The summed E-state index contributed by atoms with van der Waals surface area (Å²) in [6, 6.07) is 7.39. The van der Waals surface area contributed by atoms with Crippen LogP contribution in [0.1, 0.15) is 69.9 Å². The van der Waals surface area contributed by atoms with Gasteiger partial charge in [-0.3, -0.25) is 4.90 Å². The molecule has 2 saturated carbocycles. The average molecular weight is 370 g/mol. The predicted molar refractivity (Wildman–Crippen MR) is 108 cm³/mol. The number of nitrogens with zero attached hydrogens (tertiary/aromatic N) is 1. The van der Waals surface area contributed by atoms with Crippen molar-refractivity contribution in [3.63, 3.8) is 0 Å². The molecule has 5 rings (SSSR count). The molecule has 3 aliphatic carbocycles. The molecule has 0 radical (unpaired) electrons. The second-order valence-corrected chi connectivity index (χ2v) is 10.2. The number of piperidine rings is 1. The summed E-state index contributed by atoms with van der Waals surface area (Å²) >= 11 is 0. The fourth-order valence-corrected chi connectivity index (χ4v) is 7.25. The molecule has 1 aliphatic heterocycles. The van der Waals surface area contributed by atoms with Gasteiger partial charge in [0.05, 0.1) is 12.7 Å². The smallest absolute Gasteiger partial charge is 0.119 e. The first kappa shape index (κ1) is 18.0. The number of likely N-dealkylation sites (tertiary alicyclic amines) is 1. The first-order valence-corrected chi connectivity index (χ1v) is 11.1. The number of hydrogen-bond acceptors (Lipinski definition) is 3. The predicted octanol–water partition coefficient (Wildman–Crippen LogP) is 4.30. The van der Waals surface area contributed by atoms with Crippen LogP contribution < -0.4 is 4.74 Å². The molecule has 1 N–H and O–H groups in total. The lowest BCUT2D eigenvalue weighted by atomic mass is 9.41. The zero-order valence-electron chi connectivity index (χ0n) is 17.3. The van der Waals surface area contributed by atoms with Crippen LogP contribution in [-0.2, 0) is 11.8 Å². The van der Waals surface area contributed by atoms with Crippen LogP contribution in [0.2, 0.25) is 0 Å². The molecule has 0 amide bonds. The summed E-state index contributed by atoms with van der Waals surface area (Å²) in [6.45, 7) is 6.97. The number of fused-ring (bicyclic) bond motifs is 1. The Kier molecular flexibility index (Phi) is 3.98. The largest absolute Gasteiger partial charge is 0.497 e. The topological polar surface area (TPSA) is 32.7 Å². The quantitative estimate of drug-likeness (QED) is 0.859. The van der Waals surface area contributed by atoms with E-state index in [4.69, 9.17) is 4.74 Å². The summed E-state index contributed by atoms with van der Waals surface area (Å²) in [5.74, 6) is 1.91. The molecule has 0 aromatic heterocycles. The van der Waals surface area contributed by atoms with E-state index in [1.165, 1.54) is 56.3 Å². The second kappa shape index (κ2) is 5.97. The van der Waals surface area contributed by atoms with Crippen molar-refractivity contribution in [1.82, 2.24) is 4.90 Å². The average Bonchev–Trinajstić information content (AvgIpc) is 3.47. The number of rotatable bonds is 4. The second-order valence-electron chi connectivity index (χ2n) is 10.2. The molecule has 4 aliphatic rings. The van der Waals surface area contributed by atoms with E-state index >= 15 is 0 Å². The number of hydrogen-bond donors (Lipinski definition) is 1. The van der Waals surface area contributed by atoms with Crippen LogP contribution in [0, 0.1) is 11.3 Å². The lowest BCUT2D eigenvalue weighted by molar-refractivity contribution is -0.150. The normalized spacial score (nSPS) is 41.0. The Morgan fingerprint density at radius 3 is 2.74 bits per heavy atom. The molecule has 3 nitrogen and oxygen atoms in total. The van der Waals surface area contributed by atoms with Crippen molar-refractivity contribution in [2.75, 3.05) is 20.2 Å². The van der Waals surface area contributed by atoms with Crippen molar-refractivity contribution in [2.45, 2.75) is 82.3 Å². The standard InChI is InChI=1S/C24H35NO2/c1-4-23-10-9-22(2,26)16-24(23)11-12-25(15-17-5-6-17)21(23)13-18-7-8-19(27-3)14-20(18)24/h7-8,14,17,21,26H,4-6,9-13,15-16H2,1-3H3/t21-,22+,23+,24-/m1/s1. The van der Waals surface area contributed by atoms with Crippen LogP contribution in [-0.4, -0.2) is 41.8 Å². The van der Waals surface area contributed by atoms with Gasteiger partial charge in [-0.2, -0.15) is 0 Å². The van der Waals surface area contributed by atoms with Crippen LogP contribution in [0.5, 0.6) is 5.75 Å². The molecule has 4 atom stereocenters. The van der Waals surface area contributed by atoms with E-state index in [1.807, 2.05) is 0 Å². The molecule has 1 aromatic carbocycles. The summed E-state index contributed by atoms with van der Waals surface area (Å²) in [4.78, 5) is 2.85. The number of methoxy groups -OCH3 is 1. The monoisotopic (exact) mass is 369 g/mol. The van der Waals surface area contributed by atoms with E-state index in [0.29, 0.717) is 11.5 Å². The summed E-state index contributed by atoms with van der Waals surface area (Å²) in [6.07, 6.45) is 9.41. The van der Waals surface area contributed by atoms with Crippen LogP contribution in [0.3, 0.4) is 0 Å². The van der Waals surface area contributed by atoms with Gasteiger partial charge in [0.25, 0.3) is 0 Å². The third kappa shape index (κ3) is 2.54. The molecule has 148 valence electrons. The Labute approximate surface area is 164 Å². The van der Waals surface area contributed by atoms with Crippen LogP contribution in [0.15, 0.2) is 18.2 Å². The third-order valence-electron chi connectivity index (χ3n) is 8.72. The Morgan fingerprint density at radius 2 is 2.04 bits per heavy atom. The van der Waals surface area contributed by atoms with Crippen LogP contribution >= 0.6 is 0 Å². The van der Waals surface area contributed by atoms with E-state index in [2.05, 4.69) is 36.9 Å². The highest BCUT2D eigenvalue weighted by Crippen LogP contribution is 2.66. The molecule has 1 saturated heterocycles. The molecule has 0 spiro atoms. The highest BCUT2D eigenvalue weighted by molar-refractivity contribution is 5.48. The SMILES string of the molecule is CC[C@@]12CC[C@](C)(O)C[C@@]13CCN(CC1CC1)[C@@H]2Cc1ccc(OC)cc13. The maximum absolute atomic E-state index is 11.2. The maximum Gasteiger partial charge on any atom is 0.119 e. The van der Waals surface area contributed by atoms with Gasteiger partial charge in [-0.1, -0.05) is 13.0 Å². The van der Waals surface area contributed by atoms with Gasteiger partial charge in [0.1, 0.15) is 5.75 Å². The summed E-state index contributed by atoms with van der Waals surface area (Å²) < 4.78 is 5.62. The Morgan fingerprint density at radius 1 is 1.22 bits per heavy atom. The highest BCUT2D eigenvalue weighted by atomic mass is 16.5. The molecular formula is C24H35NO2. The van der Waals surface area contributed by atoms with Crippen molar-refractivity contribution in [3.8, 4) is 5.75 Å². The van der Waals surface area contributed by atoms with E-state index in [0.717, 1.165) is 30.9 Å². The summed E-state index contributed by atoms with van der Waals surface area (Å²) in [5.41, 5.74) is 2.83. The molecule has 27 heavy (non-hydrogen) atoms. The fraction of sp³-hybridized carbons (Fsp3) is 0.750. The van der Waals surface area contributed by atoms with Gasteiger partial charge in [-0.25, -0.2) is 0 Å². The molecule has 1 heterocycles. The van der Waals surface area contributed by atoms with Gasteiger partial charge in [0, 0.05) is 18.0 Å². The molecule has 2 bridgehead atoms. The van der Waals surface area contributed by atoms with Gasteiger partial charge < -0.3 is 9.84 Å². The number of aliphatic hydroxyl groups is 1. The molecular weight excluding hydrogens is 334 g/mol. The zero-order chi connectivity index (χ0) is 18.9. The van der Waals surface area contributed by atoms with Gasteiger partial charge in [-0.05, 0) is 99.4 Å². The lowest BCUT2D eigenvalue weighted by Crippen LogP contribution is -2.70. The van der Waals surface area contributed by atoms with Crippen molar-refractivity contribution in [2.24, 2.45) is 11.3 Å². The molecule has 3 heteroatoms. The zero-order valence-corrected chi connectivity index (χ0v) is 17.3. The Balaban J connectivity index is 1.67. The maximum atomic E-state index is 11.2. The van der Waals surface area contributed by atoms with Crippen LogP contribution in [0.25, 0.3) is 0 Å². The summed E-state index contributed by atoms with van der Waals surface area (Å²) in [7, 11) is 1.77.